The fourth-order valence-corrected chi connectivity index (χ4v) is 4.08. The van der Waals surface area contributed by atoms with Crippen LogP contribution in [0.4, 0.5) is 16.2 Å². The van der Waals surface area contributed by atoms with Gasteiger partial charge in [-0.2, -0.15) is 0 Å². The molecule has 0 fully saturated rings. The van der Waals surface area contributed by atoms with E-state index in [4.69, 9.17) is 18.9 Å². The number of hydrogen-bond donors (Lipinski definition) is 2. The largest absolute Gasteiger partial charge is 0.497 e. The van der Waals surface area contributed by atoms with Crippen LogP contribution in [0.25, 0.3) is 0 Å². The van der Waals surface area contributed by atoms with Crippen molar-refractivity contribution in [1.82, 2.24) is 5.32 Å². The Morgan fingerprint density at radius 2 is 1.34 bits per heavy atom. The lowest BCUT2D eigenvalue weighted by Gasteiger charge is -2.24. The van der Waals surface area contributed by atoms with Crippen molar-refractivity contribution >= 4 is 23.3 Å². The number of nitrogens with one attached hydrogen (secondary N) is 2. The summed E-state index contributed by atoms with van der Waals surface area (Å²) in [6.07, 6.45) is 0.494. The number of ether oxygens (including phenoxy) is 4. The Balaban J connectivity index is 1.45. The summed E-state index contributed by atoms with van der Waals surface area (Å²) in [5.41, 5.74) is 1.64. The summed E-state index contributed by atoms with van der Waals surface area (Å²) < 4.78 is 21.8. The quantitative estimate of drug-likeness (QED) is 0.197. The molecule has 4 aromatic carbocycles. The molecule has 0 aromatic heterocycles. The zero-order valence-corrected chi connectivity index (χ0v) is 23.3. The molecule has 4 rings (SSSR count). The zero-order chi connectivity index (χ0) is 29.0. The van der Waals surface area contributed by atoms with Crippen LogP contribution in [-0.4, -0.2) is 46.4 Å². The fourth-order valence-electron chi connectivity index (χ4n) is 4.08. The second-order valence-corrected chi connectivity index (χ2v) is 8.90. The van der Waals surface area contributed by atoms with E-state index < -0.39 is 0 Å². The number of hydrogen-bond acceptors (Lipinski definition) is 6. The van der Waals surface area contributed by atoms with Crippen LogP contribution in [0, 0.1) is 0 Å². The Labute approximate surface area is 239 Å². The fraction of sp³-hybridized carbons (Fsp3) is 0.188. The first-order valence-electron chi connectivity index (χ1n) is 13.1. The van der Waals surface area contributed by atoms with Crippen molar-refractivity contribution in [2.45, 2.75) is 6.42 Å². The van der Waals surface area contributed by atoms with Gasteiger partial charge < -0.3 is 29.6 Å². The number of carbonyl (C=O) groups is 2. The molecule has 0 aliphatic heterocycles. The average molecular weight is 556 g/mol. The van der Waals surface area contributed by atoms with Crippen molar-refractivity contribution in [2.75, 3.05) is 44.6 Å². The molecule has 0 radical (unpaired) electrons. The van der Waals surface area contributed by atoms with Crippen LogP contribution < -0.4 is 34.5 Å². The number of methoxy groups -OCH3 is 3. The average Bonchev–Trinajstić information content (AvgIpc) is 3.01. The van der Waals surface area contributed by atoms with Gasteiger partial charge in [-0.05, 0) is 67.1 Å². The number of anilines is 2. The molecule has 0 aliphatic carbocycles. The summed E-state index contributed by atoms with van der Waals surface area (Å²) in [6, 6.07) is 28.6. The molecule has 0 bridgehead atoms. The standard InChI is InChI=1S/C32H33N3O6/c1-38-27-20-23(21-28(22-27)39-2)31(36)33-18-9-19-35(32(37)34-29-12-7-8-13-30(29)40-3)24-14-16-26(17-15-24)41-25-10-5-4-6-11-25/h4-8,10-17,20-22H,9,18-19H2,1-3H3,(H,33,36)(H,34,37). The van der Waals surface area contributed by atoms with Crippen LogP contribution in [0.5, 0.6) is 28.7 Å². The highest BCUT2D eigenvalue weighted by atomic mass is 16.5. The molecular formula is C32H33N3O6. The van der Waals surface area contributed by atoms with E-state index in [1.807, 2.05) is 66.7 Å². The predicted molar refractivity (Wildman–Crippen MR) is 159 cm³/mol. The lowest BCUT2D eigenvalue weighted by molar-refractivity contribution is 0.0952. The maximum Gasteiger partial charge on any atom is 0.326 e. The molecular weight excluding hydrogens is 522 g/mol. The van der Waals surface area contributed by atoms with E-state index in [1.54, 1.807) is 42.3 Å². The van der Waals surface area contributed by atoms with Crippen LogP contribution in [0.3, 0.4) is 0 Å². The first-order valence-corrected chi connectivity index (χ1v) is 13.1. The van der Waals surface area contributed by atoms with Gasteiger partial charge in [-0.1, -0.05) is 30.3 Å². The number of para-hydroxylation sites is 3. The number of nitrogens with zero attached hydrogens (tertiary/aromatic N) is 1. The van der Waals surface area contributed by atoms with Gasteiger partial charge in [-0.25, -0.2) is 4.79 Å². The normalized spacial score (nSPS) is 10.3. The second-order valence-electron chi connectivity index (χ2n) is 8.90. The highest BCUT2D eigenvalue weighted by molar-refractivity contribution is 6.02. The van der Waals surface area contributed by atoms with Crippen LogP contribution in [0.2, 0.25) is 0 Å². The third kappa shape index (κ3) is 7.92. The Morgan fingerprint density at radius 3 is 2.00 bits per heavy atom. The van der Waals surface area contributed by atoms with E-state index in [9.17, 15) is 9.59 Å². The summed E-state index contributed by atoms with van der Waals surface area (Å²) in [5.74, 6) is 2.69. The number of rotatable bonds is 12. The number of urea groups is 1. The molecule has 0 spiro atoms. The SMILES string of the molecule is COc1cc(OC)cc(C(=O)NCCCN(C(=O)Nc2ccccc2OC)c2ccc(Oc3ccccc3)cc2)c1. The van der Waals surface area contributed by atoms with E-state index in [0.29, 0.717) is 59.4 Å². The van der Waals surface area contributed by atoms with Gasteiger partial charge in [-0.3, -0.25) is 9.69 Å². The van der Waals surface area contributed by atoms with Crippen LogP contribution >= 0.6 is 0 Å². The Hall–Kier alpha value is -5.18. The summed E-state index contributed by atoms with van der Waals surface area (Å²) in [6.45, 7) is 0.674. The number of benzene rings is 4. The first kappa shape index (κ1) is 28.8. The highest BCUT2D eigenvalue weighted by Gasteiger charge is 2.18. The van der Waals surface area contributed by atoms with Crippen molar-refractivity contribution in [3.05, 3.63) is 103 Å². The molecule has 212 valence electrons. The van der Waals surface area contributed by atoms with Crippen LogP contribution in [0.1, 0.15) is 16.8 Å². The van der Waals surface area contributed by atoms with Gasteiger partial charge in [0, 0.05) is 30.4 Å². The monoisotopic (exact) mass is 555 g/mol. The minimum Gasteiger partial charge on any atom is -0.497 e. The van der Waals surface area contributed by atoms with E-state index in [0.717, 1.165) is 5.75 Å². The van der Waals surface area contributed by atoms with Gasteiger partial charge in [0.15, 0.2) is 0 Å². The Bertz CT molecular complexity index is 1420. The molecule has 0 atom stereocenters. The third-order valence-electron chi connectivity index (χ3n) is 6.18. The van der Waals surface area contributed by atoms with E-state index in [-0.39, 0.29) is 11.9 Å². The highest BCUT2D eigenvalue weighted by Crippen LogP contribution is 2.27. The van der Waals surface area contributed by atoms with Crippen molar-refractivity contribution < 1.29 is 28.5 Å². The number of amides is 3. The minimum absolute atomic E-state index is 0.269. The maximum absolute atomic E-state index is 13.5. The van der Waals surface area contributed by atoms with Crippen LogP contribution in [-0.2, 0) is 0 Å². The zero-order valence-electron chi connectivity index (χ0n) is 23.3. The summed E-state index contributed by atoms with van der Waals surface area (Å²) in [5, 5.41) is 5.83. The van der Waals surface area contributed by atoms with Crippen LogP contribution in [0.15, 0.2) is 97.1 Å². The van der Waals surface area contributed by atoms with Gasteiger partial charge in [0.1, 0.15) is 28.7 Å². The van der Waals surface area contributed by atoms with Crippen molar-refractivity contribution in [2.24, 2.45) is 0 Å². The van der Waals surface area contributed by atoms with Gasteiger partial charge in [-0.15, -0.1) is 0 Å². The molecule has 4 aromatic rings. The third-order valence-corrected chi connectivity index (χ3v) is 6.18. The van der Waals surface area contributed by atoms with Crippen molar-refractivity contribution in [3.8, 4) is 28.7 Å². The molecule has 0 heterocycles. The van der Waals surface area contributed by atoms with Crippen molar-refractivity contribution in [1.29, 1.82) is 0 Å². The first-order chi connectivity index (χ1) is 20.0. The molecule has 41 heavy (non-hydrogen) atoms. The smallest absolute Gasteiger partial charge is 0.326 e. The molecule has 0 saturated carbocycles. The second kappa shape index (κ2) is 14.3. The minimum atomic E-state index is -0.338. The van der Waals surface area contributed by atoms with E-state index in [2.05, 4.69) is 10.6 Å². The molecule has 9 nitrogen and oxygen atoms in total. The van der Waals surface area contributed by atoms with Crippen molar-refractivity contribution in [3.63, 3.8) is 0 Å². The Morgan fingerprint density at radius 1 is 0.707 bits per heavy atom. The lowest BCUT2D eigenvalue weighted by atomic mass is 10.2. The molecule has 0 unspecified atom stereocenters. The summed E-state index contributed by atoms with van der Waals surface area (Å²) in [4.78, 5) is 27.9. The molecule has 0 saturated heterocycles. The predicted octanol–water partition coefficient (Wildman–Crippen LogP) is 6.36. The molecule has 3 amide bonds. The molecule has 2 N–H and O–H groups in total. The lowest BCUT2D eigenvalue weighted by Crippen LogP contribution is -2.37. The van der Waals surface area contributed by atoms with E-state index in [1.165, 1.54) is 14.2 Å². The van der Waals surface area contributed by atoms with Gasteiger partial charge in [0.2, 0.25) is 0 Å². The molecule has 9 heteroatoms. The topological polar surface area (TPSA) is 98.4 Å². The molecule has 0 aliphatic rings. The van der Waals surface area contributed by atoms with E-state index >= 15 is 0 Å². The number of carbonyl (C=O) groups excluding carboxylic acids is 2. The van der Waals surface area contributed by atoms with Gasteiger partial charge in [0.25, 0.3) is 5.91 Å². The Kier molecular flexibility index (Phi) is 10.0. The summed E-state index contributed by atoms with van der Waals surface area (Å²) >= 11 is 0. The van der Waals surface area contributed by atoms with Gasteiger partial charge >= 0.3 is 6.03 Å². The summed E-state index contributed by atoms with van der Waals surface area (Å²) in [7, 11) is 4.61. The van der Waals surface area contributed by atoms with Gasteiger partial charge in [0.05, 0.1) is 27.0 Å². The maximum atomic E-state index is 13.5.